The fraction of sp³-hybridized carbons (Fsp3) is 0.611. The van der Waals surface area contributed by atoms with E-state index in [0.29, 0.717) is 36.2 Å². The molecule has 0 amide bonds. The van der Waals surface area contributed by atoms with Gasteiger partial charge in [-0.25, -0.2) is 0 Å². The van der Waals surface area contributed by atoms with Gasteiger partial charge in [0.05, 0.1) is 18.9 Å². The van der Waals surface area contributed by atoms with Crippen LogP contribution in [0, 0.1) is 29.1 Å². The van der Waals surface area contributed by atoms with Gasteiger partial charge in [0, 0.05) is 24.6 Å². The maximum absolute atomic E-state index is 6.57. The SMILES string of the molecule is CC(C)Cc1cn(CCCC2CC3(OCCO3)C3(C)CCC4c5ccc(OCc6ccccc6)cc5CCC4C23)nn1. The van der Waals surface area contributed by atoms with Gasteiger partial charge in [0.1, 0.15) is 12.4 Å². The number of hydrogen-bond donors (Lipinski definition) is 0. The lowest BCUT2D eigenvalue weighted by molar-refractivity contribution is -0.237. The molecule has 1 aromatic heterocycles. The Kier molecular flexibility index (Phi) is 7.64. The predicted molar refractivity (Wildman–Crippen MR) is 163 cm³/mol. The minimum atomic E-state index is -0.402. The minimum Gasteiger partial charge on any atom is -0.489 e. The highest BCUT2D eigenvalue weighted by molar-refractivity contribution is 5.41. The molecule has 1 spiro atoms. The zero-order valence-corrected chi connectivity index (χ0v) is 25.6. The first-order chi connectivity index (χ1) is 20.4. The highest BCUT2D eigenvalue weighted by Crippen LogP contribution is 2.68. The molecule has 42 heavy (non-hydrogen) atoms. The monoisotopic (exact) mass is 569 g/mol. The van der Waals surface area contributed by atoms with Crippen LogP contribution in [0.5, 0.6) is 5.75 Å². The van der Waals surface area contributed by atoms with Crippen molar-refractivity contribution < 1.29 is 14.2 Å². The van der Waals surface area contributed by atoms with Crippen LogP contribution in [0.25, 0.3) is 0 Å². The number of fused-ring (bicyclic) bond motifs is 6. The van der Waals surface area contributed by atoms with Crippen molar-refractivity contribution in [3.05, 3.63) is 77.1 Å². The van der Waals surface area contributed by atoms with Crippen LogP contribution in [-0.4, -0.2) is 34.0 Å². The maximum atomic E-state index is 6.57. The van der Waals surface area contributed by atoms with Crippen molar-refractivity contribution in [3.8, 4) is 5.75 Å². The second-order valence-electron chi connectivity index (χ2n) is 14.1. The lowest BCUT2D eigenvalue weighted by Crippen LogP contribution is -2.51. The number of aromatic nitrogens is 3. The summed E-state index contributed by atoms with van der Waals surface area (Å²) in [6.45, 7) is 9.99. The van der Waals surface area contributed by atoms with E-state index in [1.807, 2.05) is 0 Å². The molecule has 2 saturated carbocycles. The van der Waals surface area contributed by atoms with Crippen molar-refractivity contribution in [1.82, 2.24) is 15.0 Å². The van der Waals surface area contributed by atoms with Gasteiger partial charge in [0.25, 0.3) is 0 Å². The average Bonchev–Trinajstić information content (AvgIpc) is 3.71. The molecule has 3 aliphatic carbocycles. The summed E-state index contributed by atoms with van der Waals surface area (Å²) in [4.78, 5) is 0. The highest BCUT2D eigenvalue weighted by atomic mass is 16.7. The lowest BCUT2D eigenvalue weighted by atomic mass is 9.53. The molecule has 3 aromatic rings. The molecule has 6 nitrogen and oxygen atoms in total. The van der Waals surface area contributed by atoms with Crippen LogP contribution in [0.2, 0.25) is 0 Å². The predicted octanol–water partition coefficient (Wildman–Crippen LogP) is 7.36. The Bertz CT molecular complexity index is 1360. The van der Waals surface area contributed by atoms with Gasteiger partial charge < -0.3 is 14.2 Å². The topological polar surface area (TPSA) is 58.4 Å². The molecule has 224 valence electrons. The van der Waals surface area contributed by atoms with Crippen molar-refractivity contribution in [2.75, 3.05) is 13.2 Å². The molecule has 1 aliphatic heterocycles. The fourth-order valence-electron chi connectivity index (χ4n) is 9.32. The van der Waals surface area contributed by atoms with E-state index in [4.69, 9.17) is 14.2 Å². The summed E-state index contributed by atoms with van der Waals surface area (Å²) in [5.74, 6) is 3.70. The average molecular weight is 570 g/mol. The number of aryl methyl sites for hydroxylation is 2. The highest BCUT2D eigenvalue weighted by Gasteiger charge is 2.68. The van der Waals surface area contributed by atoms with Gasteiger partial charge in [0.15, 0.2) is 5.79 Å². The Morgan fingerprint density at radius 3 is 2.71 bits per heavy atom. The molecule has 5 unspecified atom stereocenters. The Morgan fingerprint density at radius 2 is 1.90 bits per heavy atom. The molecule has 4 aliphatic rings. The molecule has 0 N–H and O–H groups in total. The number of nitrogens with zero attached hydrogens (tertiary/aromatic N) is 3. The largest absolute Gasteiger partial charge is 0.489 e. The quantitative estimate of drug-likeness (QED) is 0.269. The summed E-state index contributed by atoms with van der Waals surface area (Å²) in [7, 11) is 0. The van der Waals surface area contributed by atoms with Crippen LogP contribution < -0.4 is 4.74 Å². The molecule has 0 bridgehead atoms. The van der Waals surface area contributed by atoms with Gasteiger partial charge >= 0.3 is 0 Å². The third-order valence-corrected chi connectivity index (χ3v) is 11.0. The summed E-state index contributed by atoms with van der Waals surface area (Å²) in [5.41, 5.74) is 5.44. The molecule has 5 atom stereocenters. The minimum absolute atomic E-state index is 0.0727. The molecule has 6 heteroatoms. The number of hydrogen-bond acceptors (Lipinski definition) is 5. The van der Waals surface area contributed by atoms with Crippen molar-refractivity contribution in [3.63, 3.8) is 0 Å². The van der Waals surface area contributed by atoms with Gasteiger partial charge in [-0.3, -0.25) is 4.68 Å². The van der Waals surface area contributed by atoms with E-state index in [0.717, 1.165) is 56.9 Å². The normalized spacial score (nSPS) is 29.4. The standard InChI is InChI=1S/C36H47N3O3/c1-25(2)20-29-23-39(38-37-29)17-7-10-28-22-36(41-18-19-42-36)35(3)16-15-32-31-14-12-30(40-24-26-8-5-4-6-9-26)21-27(31)11-13-33(32)34(28)35/h4-6,8-9,12,14,21,23,25,28,32-34H,7,10-11,13,15-20,22,24H2,1-3H3. The zero-order valence-electron chi connectivity index (χ0n) is 25.6. The lowest BCUT2D eigenvalue weighted by Gasteiger charge is -2.53. The molecular formula is C36H47N3O3. The van der Waals surface area contributed by atoms with Crippen LogP contribution in [0.15, 0.2) is 54.7 Å². The van der Waals surface area contributed by atoms with Gasteiger partial charge in [-0.1, -0.05) is 62.4 Å². The summed E-state index contributed by atoms with van der Waals surface area (Å²) in [5, 5.41) is 8.85. The van der Waals surface area contributed by atoms with Gasteiger partial charge in [-0.05, 0) is 103 Å². The maximum Gasteiger partial charge on any atom is 0.174 e. The van der Waals surface area contributed by atoms with Gasteiger partial charge in [-0.2, -0.15) is 0 Å². The Labute approximate surface area is 251 Å². The third kappa shape index (κ3) is 5.09. The van der Waals surface area contributed by atoms with E-state index in [1.165, 1.54) is 36.8 Å². The van der Waals surface area contributed by atoms with Crippen LogP contribution in [0.3, 0.4) is 0 Å². The van der Waals surface area contributed by atoms with E-state index in [9.17, 15) is 0 Å². The number of ether oxygens (including phenoxy) is 3. The molecule has 0 radical (unpaired) electrons. The van der Waals surface area contributed by atoms with Gasteiger partial charge in [0.2, 0.25) is 0 Å². The van der Waals surface area contributed by atoms with E-state index in [-0.39, 0.29) is 5.41 Å². The van der Waals surface area contributed by atoms with E-state index >= 15 is 0 Å². The summed E-state index contributed by atoms with van der Waals surface area (Å²) in [6.07, 6.45) is 11.2. The van der Waals surface area contributed by atoms with Crippen LogP contribution in [-0.2, 0) is 35.5 Å². The van der Waals surface area contributed by atoms with Crippen LogP contribution in [0.4, 0.5) is 0 Å². The summed E-state index contributed by atoms with van der Waals surface area (Å²) in [6, 6.07) is 17.4. The fourth-order valence-corrected chi connectivity index (χ4v) is 9.32. The Hall–Kier alpha value is -2.70. The van der Waals surface area contributed by atoms with Crippen molar-refractivity contribution in [2.24, 2.45) is 29.1 Å². The van der Waals surface area contributed by atoms with E-state index < -0.39 is 5.79 Å². The smallest absolute Gasteiger partial charge is 0.174 e. The van der Waals surface area contributed by atoms with E-state index in [1.54, 1.807) is 5.56 Å². The Morgan fingerprint density at radius 1 is 1.07 bits per heavy atom. The molecule has 1 saturated heterocycles. The summed E-state index contributed by atoms with van der Waals surface area (Å²) >= 11 is 0. The molecular weight excluding hydrogens is 522 g/mol. The summed E-state index contributed by atoms with van der Waals surface area (Å²) < 4.78 is 21.4. The molecule has 7 rings (SSSR count). The number of benzene rings is 2. The van der Waals surface area contributed by atoms with Crippen LogP contribution >= 0.6 is 0 Å². The Balaban J connectivity index is 1.08. The third-order valence-electron chi connectivity index (χ3n) is 11.0. The molecule has 2 aromatic carbocycles. The first kappa shape index (κ1) is 28.1. The van der Waals surface area contributed by atoms with Crippen molar-refractivity contribution in [1.29, 1.82) is 0 Å². The number of rotatable bonds is 9. The second-order valence-corrected chi connectivity index (χ2v) is 14.1. The van der Waals surface area contributed by atoms with Crippen LogP contribution in [0.1, 0.15) is 87.6 Å². The van der Waals surface area contributed by atoms with Gasteiger partial charge in [-0.15, -0.1) is 5.10 Å². The molecule has 2 heterocycles. The molecule has 3 fully saturated rings. The van der Waals surface area contributed by atoms with E-state index in [2.05, 4.69) is 90.5 Å². The first-order valence-electron chi connectivity index (χ1n) is 16.4. The second kappa shape index (κ2) is 11.4. The van der Waals surface area contributed by atoms with Crippen molar-refractivity contribution >= 4 is 0 Å². The van der Waals surface area contributed by atoms with Crippen molar-refractivity contribution in [2.45, 2.75) is 97.0 Å². The zero-order chi connectivity index (χ0) is 28.7. The first-order valence-corrected chi connectivity index (χ1v) is 16.4.